The van der Waals surface area contributed by atoms with Crippen LogP contribution in [0.15, 0.2) is 23.0 Å². The molecule has 24 heavy (non-hydrogen) atoms. The molecule has 6 nitrogen and oxygen atoms in total. The molecular formula is C18H21N3O3. The minimum Gasteiger partial charge on any atom is -0.490 e. The molecule has 0 aliphatic heterocycles. The fourth-order valence-corrected chi connectivity index (χ4v) is 2.49. The fraction of sp³-hybridized carbons (Fsp3) is 0.389. The Balaban J connectivity index is 2.14. The minimum absolute atomic E-state index is 0.0282. The zero-order chi connectivity index (χ0) is 17.9. The van der Waals surface area contributed by atoms with Crippen molar-refractivity contribution in [3.8, 4) is 11.8 Å². The predicted molar refractivity (Wildman–Crippen MR) is 90.1 cm³/mol. The number of aliphatic hydroxyl groups is 1. The van der Waals surface area contributed by atoms with E-state index in [2.05, 4.69) is 5.10 Å². The van der Waals surface area contributed by atoms with Crippen molar-refractivity contribution >= 4 is 0 Å². The van der Waals surface area contributed by atoms with Gasteiger partial charge in [-0.2, -0.15) is 10.4 Å². The third-order valence-electron chi connectivity index (χ3n) is 3.96. The Hall–Kier alpha value is -2.65. The van der Waals surface area contributed by atoms with Crippen molar-refractivity contribution in [2.45, 2.75) is 40.3 Å². The summed E-state index contributed by atoms with van der Waals surface area (Å²) in [5.74, 6) is 0.731. The molecule has 1 atom stereocenters. The first-order chi connectivity index (χ1) is 11.3. The summed E-state index contributed by atoms with van der Waals surface area (Å²) < 4.78 is 6.82. The smallest absolute Gasteiger partial charge is 0.285 e. The number of aryl methyl sites for hydroxylation is 3. The highest BCUT2D eigenvalue weighted by atomic mass is 16.5. The monoisotopic (exact) mass is 327 g/mol. The lowest BCUT2D eigenvalue weighted by Crippen LogP contribution is -2.34. The standard InChI is InChI=1S/C18H21N3O3/c1-11-6-5-7-12(2)17(11)24-10-15(22)9-21-18(23)16(8-19)13(3)14(4)20-21/h5-7,15,22H,9-10H2,1-4H3/t15-/m1/s1. The molecule has 0 saturated carbocycles. The number of nitrogens with zero attached hydrogens (tertiary/aromatic N) is 3. The zero-order valence-corrected chi connectivity index (χ0v) is 14.3. The van der Waals surface area contributed by atoms with E-state index < -0.39 is 11.7 Å². The van der Waals surface area contributed by atoms with Crippen LogP contribution < -0.4 is 10.3 Å². The molecule has 1 aromatic carbocycles. The first kappa shape index (κ1) is 17.7. The van der Waals surface area contributed by atoms with Gasteiger partial charge in [0, 0.05) is 0 Å². The largest absolute Gasteiger partial charge is 0.490 e. The van der Waals surface area contributed by atoms with Crippen molar-refractivity contribution in [1.82, 2.24) is 9.78 Å². The van der Waals surface area contributed by atoms with Crippen LogP contribution in [0.2, 0.25) is 0 Å². The van der Waals surface area contributed by atoms with Crippen LogP contribution in [0, 0.1) is 39.0 Å². The summed E-state index contributed by atoms with van der Waals surface area (Å²) in [6.45, 7) is 7.29. The number of ether oxygens (including phenoxy) is 1. The van der Waals surface area contributed by atoms with Gasteiger partial charge in [-0.15, -0.1) is 0 Å². The second-order valence-electron chi connectivity index (χ2n) is 5.87. The maximum atomic E-state index is 12.2. The molecule has 0 spiro atoms. The van der Waals surface area contributed by atoms with E-state index in [1.807, 2.05) is 38.1 Å². The Morgan fingerprint density at radius 2 is 1.92 bits per heavy atom. The molecule has 1 aromatic heterocycles. The van der Waals surface area contributed by atoms with Crippen molar-refractivity contribution in [2.24, 2.45) is 0 Å². The van der Waals surface area contributed by atoms with Crippen LogP contribution in [0.5, 0.6) is 5.75 Å². The van der Waals surface area contributed by atoms with Crippen LogP contribution in [-0.2, 0) is 6.54 Å². The van der Waals surface area contributed by atoms with Crippen LogP contribution >= 0.6 is 0 Å². The Morgan fingerprint density at radius 1 is 1.29 bits per heavy atom. The van der Waals surface area contributed by atoms with Crippen molar-refractivity contribution in [1.29, 1.82) is 5.26 Å². The summed E-state index contributed by atoms with van der Waals surface area (Å²) in [6.07, 6.45) is -0.914. The second-order valence-corrected chi connectivity index (χ2v) is 5.87. The van der Waals surface area contributed by atoms with Crippen molar-refractivity contribution in [3.05, 3.63) is 56.5 Å². The van der Waals surface area contributed by atoms with Gasteiger partial charge in [0.1, 0.15) is 30.1 Å². The van der Waals surface area contributed by atoms with Gasteiger partial charge in [-0.1, -0.05) is 18.2 Å². The topological polar surface area (TPSA) is 88.1 Å². The molecule has 0 unspecified atom stereocenters. The molecule has 6 heteroatoms. The summed E-state index contributed by atoms with van der Waals surface area (Å²) in [5.41, 5.74) is 2.69. The third kappa shape index (κ3) is 3.63. The second kappa shape index (κ2) is 7.28. The molecule has 0 radical (unpaired) electrons. The Bertz CT molecular complexity index is 830. The number of nitriles is 1. The van der Waals surface area contributed by atoms with Gasteiger partial charge < -0.3 is 9.84 Å². The van der Waals surface area contributed by atoms with Gasteiger partial charge >= 0.3 is 0 Å². The van der Waals surface area contributed by atoms with Crippen molar-refractivity contribution < 1.29 is 9.84 Å². The molecule has 0 amide bonds. The number of para-hydroxylation sites is 1. The lowest BCUT2D eigenvalue weighted by Gasteiger charge is -2.16. The van der Waals surface area contributed by atoms with Gasteiger partial charge in [-0.3, -0.25) is 4.79 Å². The van der Waals surface area contributed by atoms with E-state index in [1.54, 1.807) is 13.8 Å². The average Bonchev–Trinajstić information content (AvgIpc) is 2.53. The highest BCUT2D eigenvalue weighted by molar-refractivity contribution is 5.39. The predicted octanol–water partition coefficient (Wildman–Crippen LogP) is 1.79. The number of rotatable bonds is 5. The minimum atomic E-state index is -0.914. The molecular weight excluding hydrogens is 306 g/mol. The van der Waals surface area contributed by atoms with E-state index in [-0.39, 0.29) is 18.7 Å². The maximum Gasteiger partial charge on any atom is 0.285 e. The summed E-state index contributed by atoms with van der Waals surface area (Å²) >= 11 is 0. The summed E-state index contributed by atoms with van der Waals surface area (Å²) in [7, 11) is 0. The molecule has 126 valence electrons. The van der Waals surface area contributed by atoms with Gasteiger partial charge in [0.15, 0.2) is 0 Å². The Labute approximate surface area is 140 Å². The van der Waals surface area contributed by atoms with Crippen LogP contribution in [0.25, 0.3) is 0 Å². The molecule has 0 aliphatic carbocycles. The molecule has 0 bridgehead atoms. The van der Waals surface area contributed by atoms with E-state index in [4.69, 9.17) is 10.00 Å². The average molecular weight is 327 g/mol. The Morgan fingerprint density at radius 3 is 2.50 bits per heavy atom. The zero-order valence-electron chi connectivity index (χ0n) is 14.3. The van der Waals surface area contributed by atoms with Crippen molar-refractivity contribution in [2.75, 3.05) is 6.61 Å². The lowest BCUT2D eigenvalue weighted by molar-refractivity contribution is 0.0871. The van der Waals surface area contributed by atoms with Crippen LogP contribution in [-0.4, -0.2) is 27.6 Å². The Kier molecular flexibility index (Phi) is 5.37. The van der Waals surface area contributed by atoms with E-state index in [1.165, 1.54) is 0 Å². The van der Waals surface area contributed by atoms with Gasteiger partial charge in [0.05, 0.1) is 12.2 Å². The van der Waals surface area contributed by atoms with Crippen LogP contribution in [0.4, 0.5) is 0 Å². The van der Waals surface area contributed by atoms with E-state index in [0.717, 1.165) is 21.6 Å². The van der Waals surface area contributed by atoms with Crippen LogP contribution in [0.1, 0.15) is 27.9 Å². The molecule has 2 rings (SSSR count). The molecule has 0 fully saturated rings. The lowest BCUT2D eigenvalue weighted by atomic mass is 10.1. The normalized spacial score (nSPS) is 11.8. The number of aliphatic hydroxyl groups excluding tert-OH is 1. The van der Waals surface area contributed by atoms with Crippen molar-refractivity contribution in [3.63, 3.8) is 0 Å². The third-order valence-corrected chi connectivity index (χ3v) is 3.96. The molecule has 0 aliphatic rings. The molecule has 1 heterocycles. The highest BCUT2D eigenvalue weighted by Crippen LogP contribution is 2.22. The molecule has 0 saturated heterocycles. The first-order valence-corrected chi connectivity index (χ1v) is 7.70. The first-order valence-electron chi connectivity index (χ1n) is 7.70. The van der Waals surface area contributed by atoms with Gasteiger partial charge in [-0.25, -0.2) is 4.68 Å². The summed E-state index contributed by atoms with van der Waals surface area (Å²) in [4.78, 5) is 12.2. The van der Waals surface area contributed by atoms with E-state index >= 15 is 0 Å². The number of hydrogen-bond donors (Lipinski definition) is 1. The number of hydrogen-bond acceptors (Lipinski definition) is 5. The summed E-state index contributed by atoms with van der Waals surface area (Å²) in [5, 5.41) is 23.5. The van der Waals surface area contributed by atoms with Crippen LogP contribution in [0.3, 0.4) is 0 Å². The van der Waals surface area contributed by atoms with Gasteiger partial charge in [0.2, 0.25) is 0 Å². The van der Waals surface area contributed by atoms with Gasteiger partial charge in [-0.05, 0) is 44.4 Å². The van der Waals surface area contributed by atoms with E-state index in [9.17, 15) is 9.90 Å². The molecule has 2 aromatic rings. The number of aromatic nitrogens is 2. The SMILES string of the molecule is Cc1cccc(C)c1OC[C@H](O)Cn1nc(C)c(C)c(C#N)c1=O. The summed E-state index contributed by atoms with van der Waals surface area (Å²) in [6, 6.07) is 7.71. The highest BCUT2D eigenvalue weighted by Gasteiger charge is 2.15. The quantitative estimate of drug-likeness (QED) is 0.904. The van der Waals surface area contributed by atoms with Gasteiger partial charge in [0.25, 0.3) is 5.56 Å². The fourth-order valence-electron chi connectivity index (χ4n) is 2.49. The van der Waals surface area contributed by atoms with E-state index in [0.29, 0.717) is 11.3 Å². The molecule has 1 N–H and O–H groups in total. The number of benzene rings is 1. The maximum absolute atomic E-state index is 12.2.